The van der Waals surface area contributed by atoms with Crippen LogP contribution in [0.25, 0.3) is 11.0 Å². The van der Waals surface area contributed by atoms with Gasteiger partial charge in [0.2, 0.25) is 0 Å². The van der Waals surface area contributed by atoms with Crippen LogP contribution in [0.3, 0.4) is 0 Å². The lowest BCUT2D eigenvalue weighted by Gasteiger charge is -2.41. The van der Waals surface area contributed by atoms with Crippen molar-refractivity contribution in [2.24, 2.45) is 5.41 Å². The maximum Gasteiger partial charge on any atom is 0.403 e. The summed E-state index contributed by atoms with van der Waals surface area (Å²) in [4.78, 5) is 0. The summed E-state index contributed by atoms with van der Waals surface area (Å²) >= 11 is 0. The van der Waals surface area contributed by atoms with Gasteiger partial charge in [-0.2, -0.15) is 26.3 Å². The summed E-state index contributed by atoms with van der Waals surface area (Å²) in [7, 11) is 0. The summed E-state index contributed by atoms with van der Waals surface area (Å²) in [5.41, 5.74) is -2.00. The summed E-state index contributed by atoms with van der Waals surface area (Å²) in [6.07, 6.45) is -12.9. The van der Waals surface area contributed by atoms with Gasteiger partial charge in [-0.1, -0.05) is 11.6 Å². The lowest BCUT2D eigenvalue weighted by atomic mass is 9.69. The largest absolute Gasteiger partial charge is 0.461 e. The van der Waals surface area contributed by atoms with Crippen molar-refractivity contribution in [3.63, 3.8) is 0 Å². The molecule has 24 heavy (non-hydrogen) atoms. The van der Waals surface area contributed by atoms with Crippen molar-refractivity contribution in [3.05, 3.63) is 35.6 Å². The maximum absolute atomic E-state index is 13.1. The number of benzene rings is 1. The average Bonchev–Trinajstić information content (AvgIpc) is 2.88. The first-order chi connectivity index (χ1) is 11.0. The molecule has 1 fully saturated rings. The smallest absolute Gasteiger partial charge is 0.403 e. The number of alkyl halides is 6. The molecule has 0 atom stereocenters. The van der Waals surface area contributed by atoms with Gasteiger partial charge in [-0.05, 0) is 50.8 Å². The van der Waals surface area contributed by atoms with Gasteiger partial charge >= 0.3 is 12.4 Å². The molecule has 3 rings (SSSR count). The summed E-state index contributed by atoms with van der Waals surface area (Å²) in [5.74, 6) is 0.0454. The van der Waals surface area contributed by atoms with Crippen molar-refractivity contribution in [3.8, 4) is 0 Å². The Hall–Kier alpha value is -1.66. The Morgan fingerprint density at radius 3 is 2.08 bits per heavy atom. The van der Waals surface area contributed by atoms with E-state index in [-0.39, 0.29) is 12.8 Å². The van der Waals surface area contributed by atoms with Crippen molar-refractivity contribution in [2.45, 2.75) is 50.9 Å². The predicted octanol–water partition coefficient (Wildman–Crippen LogP) is 6.51. The van der Waals surface area contributed by atoms with Crippen LogP contribution in [0.4, 0.5) is 26.3 Å². The molecule has 0 aliphatic heterocycles. The Labute approximate surface area is 134 Å². The number of fused-ring (bicyclic) bond motifs is 1. The molecular weight excluding hydrogens is 334 g/mol. The Morgan fingerprint density at radius 1 is 0.958 bits per heavy atom. The molecule has 1 aromatic heterocycles. The van der Waals surface area contributed by atoms with Gasteiger partial charge in [0, 0.05) is 11.3 Å². The van der Waals surface area contributed by atoms with E-state index in [4.69, 9.17) is 4.42 Å². The van der Waals surface area contributed by atoms with E-state index >= 15 is 0 Å². The zero-order valence-electron chi connectivity index (χ0n) is 12.9. The highest BCUT2D eigenvalue weighted by Crippen LogP contribution is 2.60. The molecule has 1 nitrogen and oxygen atoms in total. The van der Waals surface area contributed by atoms with E-state index < -0.39 is 36.5 Å². The third kappa shape index (κ3) is 2.67. The maximum atomic E-state index is 13.1. The van der Waals surface area contributed by atoms with Crippen molar-refractivity contribution in [2.75, 3.05) is 0 Å². The second kappa shape index (κ2) is 5.43. The number of rotatable bonds is 1. The van der Waals surface area contributed by atoms with Gasteiger partial charge in [0.05, 0.1) is 0 Å². The number of hydrogen-bond donors (Lipinski definition) is 0. The number of hydrogen-bond acceptors (Lipinski definition) is 1. The molecule has 1 saturated carbocycles. The van der Waals surface area contributed by atoms with E-state index in [9.17, 15) is 26.3 Å². The third-order valence-corrected chi connectivity index (χ3v) is 5.02. The van der Waals surface area contributed by atoms with E-state index in [0.29, 0.717) is 11.3 Å². The molecule has 1 aliphatic carbocycles. The van der Waals surface area contributed by atoms with E-state index in [2.05, 4.69) is 0 Å². The normalized spacial score (nSPS) is 19.8. The monoisotopic (exact) mass is 350 g/mol. The first kappa shape index (κ1) is 17.2. The molecule has 0 bridgehead atoms. The molecule has 1 aliphatic rings. The van der Waals surface area contributed by atoms with Gasteiger partial charge < -0.3 is 4.42 Å². The van der Waals surface area contributed by atoms with E-state index in [1.807, 2.05) is 19.1 Å². The average molecular weight is 350 g/mol. The molecule has 1 aromatic carbocycles. The number of halogens is 6. The fourth-order valence-corrected chi connectivity index (χ4v) is 3.51. The minimum absolute atomic E-state index is 0.197. The van der Waals surface area contributed by atoms with Crippen LogP contribution < -0.4 is 0 Å². The first-order valence-corrected chi connectivity index (χ1v) is 7.67. The minimum atomic E-state index is -5.29. The minimum Gasteiger partial charge on any atom is -0.461 e. The Balaban J connectivity index is 1.85. The quantitative estimate of drug-likeness (QED) is 0.534. The van der Waals surface area contributed by atoms with Gasteiger partial charge in [0.15, 0.2) is 5.41 Å². The van der Waals surface area contributed by atoms with Crippen molar-refractivity contribution in [1.82, 2.24) is 0 Å². The van der Waals surface area contributed by atoms with Crippen molar-refractivity contribution >= 4 is 11.0 Å². The van der Waals surface area contributed by atoms with Crippen LogP contribution in [-0.4, -0.2) is 12.4 Å². The van der Waals surface area contributed by atoms with Crippen LogP contribution in [-0.2, 0) is 0 Å². The lowest BCUT2D eigenvalue weighted by molar-refractivity contribution is -0.350. The van der Waals surface area contributed by atoms with Crippen LogP contribution in [0.15, 0.2) is 28.7 Å². The molecule has 1 heterocycles. The second-order valence-electron chi connectivity index (χ2n) is 6.54. The van der Waals surface area contributed by atoms with Crippen molar-refractivity contribution < 1.29 is 30.8 Å². The molecule has 0 spiro atoms. The fraction of sp³-hybridized carbons (Fsp3) is 0.529. The standard InChI is InChI=1S/C17H16F6O/c1-10-2-3-13-12(8-10)9-14(24-13)11-4-6-15(7-5-11,16(18,19)20)17(21,22)23/h2-3,8-9,11H,4-7H2,1H3. The SMILES string of the molecule is Cc1ccc2oc(C3CCC(C(F)(F)F)(C(F)(F)F)CC3)cc2c1. The zero-order valence-corrected chi connectivity index (χ0v) is 12.9. The Bertz CT molecular complexity index is 716. The highest BCUT2D eigenvalue weighted by molar-refractivity contribution is 5.78. The fourth-order valence-electron chi connectivity index (χ4n) is 3.51. The molecule has 132 valence electrons. The molecule has 0 amide bonds. The second-order valence-corrected chi connectivity index (χ2v) is 6.54. The Morgan fingerprint density at radius 2 is 1.54 bits per heavy atom. The first-order valence-electron chi connectivity index (χ1n) is 7.67. The summed E-state index contributed by atoms with van der Waals surface area (Å²) in [5, 5.41) is 0.813. The predicted molar refractivity (Wildman–Crippen MR) is 76.7 cm³/mol. The molecule has 0 radical (unpaired) electrons. The zero-order chi connectivity index (χ0) is 17.8. The topological polar surface area (TPSA) is 13.1 Å². The summed E-state index contributed by atoms with van der Waals surface area (Å²) < 4.78 is 84.2. The molecule has 0 N–H and O–H groups in total. The number of furan rings is 1. The van der Waals surface area contributed by atoms with Gasteiger partial charge in [-0.25, -0.2) is 0 Å². The van der Waals surface area contributed by atoms with Gasteiger partial charge in [0.1, 0.15) is 11.3 Å². The van der Waals surface area contributed by atoms with Crippen LogP contribution in [0.1, 0.15) is 42.9 Å². The van der Waals surface area contributed by atoms with Crippen LogP contribution in [0, 0.1) is 12.3 Å². The summed E-state index contributed by atoms with van der Waals surface area (Å²) in [6, 6.07) is 7.20. The molecular formula is C17H16F6O. The number of aryl methyl sites for hydroxylation is 1. The van der Waals surface area contributed by atoms with Gasteiger partial charge in [-0.15, -0.1) is 0 Å². The van der Waals surface area contributed by atoms with Gasteiger partial charge in [0.25, 0.3) is 0 Å². The van der Waals surface area contributed by atoms with E-state index in [1.54, 1.807) is 12.1 Å². The van der Waals surface area contributed by atoms with Crippen LogP contribution in [0.5, 0.6) is 0 Å². The lowest BCUT2D eigenvalue weighted by Crippen LogP contribution is -2.51. The highest BCUT2D eigenvalue weighted by atomic mass is 19.4. The van der Waals surface area contributed by atoms with Crippen LogP contribution in [0.2, 0.25) is 0 Å². The summed E-state index contributed by atoms with van der Waals surface area (Å²) in [6.45, 7) is 1.90. The van der Waals surface area contributed by atoms with Gasteiger partial charge in [-0.3, -0.25) is 0 Å². The third-order valence-electron chi connectivity index (χ3n) is 5.02. The van der Waals surface area contributed by atoms with E-state index in [0.717, 1.165) is 10.9 Å². The highest BCUT2D eigenvalue weighted by Gasteiger charge is 2.70. The van der Waals surface area contributed by atoms with Crippen molar-refractivity contribution in [1.29, 1.82) is 0 Å². The molecule has 7 heteroatoms. The molecule has 0 unspecified atom stereocenters. The molecule has 2 aromatic rings. The molecule has 0 saturated heterocycles. The Kier molecular flexibility index (Phi) is 3.88. The van der Waals surface area contributed by atoms with E-state index in [1.165, 1.54) is 0 Å². The van der Waals surface area contributed by atoms with Crippen LogP contribution >= 0.6 is 0 Å².